The monoisotopic (exact) mass is 345 g/mol. The zero-order chi connectivity index (χ0) is 16.9. The van der Waals surface area contributed by atoms with E-state index in [-0.39, 0.29) is 0 Å². The van der Waals surface area contributed by atoms with Gasteiger partial charge in [-0.2, -0.15) is 5.10 Å². The van der Waals surface area contributed by atoms with Crippen molar-refractivity contribution in [1.82, 2.24) is 4.98 Å². The lowest BCUT2D eigenvalue weighted by molar-refractivity contribution is 0.582. The van der Waals surface area contributed by atoms with Gasteiger partial charge < -0.3 is 4.42 Å². The Morgan fingerprint density at radius 1 is 0.960 bits per heavy atom. The molecular weight excluding hydrogens is 330 g/mol. The van der Waals surface area contributed by atoms with Crippen LogP contribution in [0.3, 0.4) is 0 Å². The first kappa shape index (κ1) is 15.4. The average molecular weight is 345 g/mol. The normalized spacial score (nSPS) is 11.0. The molecule has 1 N–H and O–H groups in total. The van der Waals surface area contributed by atoms with E-state index >= 15 is 0 Å². The largest absolute Gasteiger partial charge is 0.464 e. The molecule has 2 aromatic heterocycles. The number of hydrogen-bond acceptors (Lipinski definition) is 5. The molecule has 5 heteroatoms. The molecule has 0 aliphatic rings. The summed E-state index contributed by atoms with van der Waals surface area (Å²) in [7, 11) is 0. The molecule has 0 atom stereocenters. The number of hydrogen-bond donors (Lipinski definition) is 1. The lowest BCUT2D eigenvalue weighted by atomic mass is 10.1. The minimum atomic E-state index is 0.761. The highest BCUT2D eigenvalue weighted by Gasteiger charge is 2.03. The minimum absolute atomic E-state index is 0.761. The van der Waals surface area contributed by atoms with Crippen LogP contribution in [0, 0.1) is 0 Å². The van der Waals surface area contributed by atoms with E-state index in [0.29, 0.717) is 0 Å². The fraction of sp³-hybridized carbons (Fsp3) is 0. The number of rotatable bonds is 5. The van der Waals surface area contributed by atoms with Gasteiger partial charge in [0, 0.05) is 16.5 Å². The highest BCUT2D eigenvalue weighted by Crippen LogP contribution is 2.24. The van der Waals surface area contributed by atoms with Crippen molar-refractivity contribution in [1.29, 1.82) is 0 Å². The molecule has 0 aliphatic carbocycles. The molecule has 0 spiro atoms. The van der Waals surface area contributed by atoms with E-state index in [0.717, 1.165) is 33.3 Å². The van der Waals surface area contributed by atoms with Gasteiger partial charge in [0.15, 0.2) is 0 Å². The summed E-state index contributed by atoms with van der Waals surface area (Å²) in [4.78, 5) is 4.55. The molecule has 4 nitrogen and oxygen atoms in total. The molecular formula is C20H15N3OS. The number of aromatic nitrogens is 1. The van der Waals surface area contributed by atoms with E-state index in [4.69, 9.17) is 4.42 Å². The van der Waals surface area contributed by atoms with E-state index < -0.39 is 0 Å². The fourth-order valence-corrected chi connectivity index (χ4v) is 3.11. The highest BCUT2D eigenvalue weighted by molar-refractivity contribution is 7.14. The Morgan fingerprint density at radius 2 is 1.84 bits per heavy atom. The van der Waals surface area contributed by atoms with E-state index in [1.807, 2.05) is 72.1 Å². The Balaban J connectivity index is 1.45. The number of hydrazone groups is 1. The summed E-state index contributed by atoms with van der Waals surface area (Å²) in [5, 5.41) is 7.06. The summed E-state index contributed by atoms with van der Waals surface area (Å²) >= 11 is 1.53. The summed E-state index contributed by atoms with van der Waals surface area (Å²) < 4.78 is 5.42. The second kappa shape index (κ2) is 7.15. The van der Waals surface area contributed by atoms with Crippen molar-refractivity contribution in [3.8, 4) is 22.6 Å². The highest BCUT2D eigenvalue weighted by atomic mass is 32.1. The Morgan fingerprint density at radius 3 is 2.68 bits per heavy atom. The Kier molecular flexibility index (Phi) is 4.39. The molecule has 4 aromatic rings. The van der Waals surface area contributed by atoms with Gasteiger partial charge in [-0.15, -0.1) is 11.3 Å². The lowest BCUT2D eigenvalue weighted by Gasteiger charge is -1.99. The molecule has 25 heavy (non-hydrogen) atoms. The third-order valence-corrected chi connectivity index (χ3v) is 4.39. The lowest BCUT2D eigenvalue weighted by Crippen LogP contribution is -1.90. The van der Waals surface area contributed by atoms with Crippen molar-refractivity contribution in [2.45, 2.75) is 0 Å². The maximum absolute atomic E-state index is 5.42. The van der Waals surface area contributed by atoms with Crippen molar-refractivity contribution in [2.75, 3.05) is 5.43 Å². The Bertz CT molecular complexity index is 975. The summed E-state index contributed by atoms with van der Waals surface area (Å²) in [6.45, 7) is 0. The molecule has 122 valence electrons. The van der Waals surface area contributed by atoms with Crippen molar-refractivity contribution in [3.05, 3.63) is 83.9 Å². The molecule has 0 aliphatic heterocycles. The van der Waals surface area contributed by atoms with Gasteiger partial charge in [0.2, 0.25) is 5.13 Å². The van der Waals surface area contributed by atoms with Crippen LogP contribution in [-0.2, 0) is 0 Å². The van der Waals surface area contributed by atoms with Crippen molar-refractivity contribution >= 4 is 22.7 Å². The van der Waals surface area contributed by atoms with Crippen LogP contribution in [0.15, 0.2) is 87.9 Å². The van der Waals surface area contributed by atoms with Crippen LogP contribution in [0.4, 0.5) is 5.13 Å². The molecule has 4 rings (SSSR count). The zero-order valence-electron chi connectivity index (χ0n) is 13.3. The number of nitrogens with zero attached hydrogens (tertiary/aromatic N) is 2. The second-order valence-corrected chi connectivity index (χ2v) is 6.23. The van der Waals surface area contributed by atoms with Crippen molar-refractivity contribution < 1.29 is 4.42 Å². The zero-order valence-corrected chi connectivity index (χ0v) is 14.1. The minimum Gasteiger partial charge on any atom is -0.464 e. The molecule has 0 unspecified atom stereocenters. The third-order valence-electron chi connectivity index (χ3n) is 3.64. The first-order valence-electron chi connectivity index (χ1n) is 7.82. The van der Waals surface area contributed by atoms with E-state index in [9.17, 15) is 0 Å². The van der Waals surface area contributed by atoms with Crippen LogP contribution in [0.1, 0.15) is 5.56 Å². The van der Waals surface area contributed by atoms with Crippen molar-refractivity contribution in [2.24, 2.45) is 5.10 Å². The van der Waals surface area contributed by atoms with Gasteiger partial charge >= 0.3 is 0 Å². The quantitative estimate of drug-likeness (QED) is 0.383. The SMILES string of the molecule is C(=NNc1nc(-c2ccccc2)cs1)c1cccc(-c2ccco2)c1. The molecule has 2 aromatic carbocycles. The number of nitrogens with one attached hydrogen (secondary N) is 1. The van der Waals surface area contributed by atoms with Crippen LogP contribution < -0.4 is 5.43 Å². The van der Waals surface area contributed by atoms with E-state index in [1.165, 1.54) is 11.3 Å². The molecule has 0 fully saturated rings. The van der Waals surface area contributed by atoms with Crippen molar-refractivity contribution in [3.63, 3.8) is 0 Å². The van der Waals surface area contributed by atoms with Gasteiger partial charge in [-0.05, 0) is 23.8 Å². The molecule has 0 saturated carbocycles. The van der Waals surface area contributed by atoms with Gasteiger partial charge in [0.05, 0.1) is 18.2 Å². The Hall–Kier alpha value is -3.18. The maximum Gasteiger partial charge on any atom is 0.203 e. The topological polar surface area (TPSA) is 50.4 Å². The smallest absolute Gasteiger partial charge is 0.203 e. The van der Waals surface area contributed by atoms with Gasteiger partial charge in [0.25, 0.3) is 0 Å². The number of thiazole rings is 1. The van der Waals surface area contributed by atoms with Crippen LogP contribution >= 0.6 is 11.3 Å². The molecule has 0 bridgehead atoms. The first-order valence-corrected chi connectivity index (χ1v) is 8.70. The first-order chi connectivity index (χ1) is 12.4. The van der Waals surface area contributed by atoms with Gasteiger partial charge in [-0.3, -0.25) is 5.43 Å². The summed E-state index contributed by atoms with van der Waals surface area (Å²) in [5.74, 6) is 0.843. The molecule has 0 saturated heterocycles. The summed E-state index contributed by atoms with van der Waals surface area (Å²) in [6.07, 6.45) is 3.44. The standard InChI is InChI=1S/C20H15N3OS/c1-2-7-16(8-3-1)18-14-25-20(22-18)23-21-13-15-6-4-9-17(12-15)19-10-5-11-24-19/h1-14H,(H,22,23). The number of furan rings is 1. The van der Waals surface area contributed by atoms with E-state index in [1.54, 1.807) is 12.5 Å². The predicted molar refractivity (Wildman–Crippen MR) is 103 cm³/mol. The van der Waals surface area contributed by atoms with Crippen LogP contribution in [0.2, 0.25) is 0 Å². The fourth-order valence-electron chi connectivity index (χ4n) is 2.44. The van der Waals surface area contributed by atoms with Crippen LogP contribution in [-0.4, -0.2) is 11.2 Å². The van der Waals surface area contributed by atoms with Gasteiger partial charge in [0.1, 0.15) is 5.76 Å². The average Bonchev–Trinajstić information content (AvgIpc) is 3.35. The van der Waals surface area contributed by atoms with Crippen LogP contribution in [0.25, 0.3) is 22.6 Å². The van der Waals surface area contributed by atoms with Crippen LogP contribution in [0.5, 0.6) is 0 Å². The number of anilines is 1. The van der Waals surface area contributed by atoms with E-state index in [2.05, 4.69) is 15.5 Å². The van der Waals surface area contributed by atoms with Gasteiger partial charge in [-0.25, -0.2) is 4.98 Å². The van der Waals surface area contributed by atoms with Gasteiger partial charge in [-0.1, -0.05) is 48.5 Å². The number of benzene rings is 2. The second-order valence-electron chi connectivity index (χ2n) is 5.38. The predicted octanol–water partition coefficient (Wildman–Crippen LogP) is 5.52. The molecule has 0 amide bonds. The molecule has 2 heterocycles. The maximum atomic E-state index is 5.42. The molecule has 0 radical (unpaired) electrons. The Labute approximate surface area is 149 Å². The summed E-state index contributed by atoms with van der Waals surface area (Å²) in [5.41, 5.74) is 7.05. The summed E-state index contributed by atoms with van der Waals surface area (Å²) in [6, 6.07) is 21.9. The third kappa shape index (κ3) is 3.67.